The van der Waals surface area contributed by atoms with Crippen molar-refractivity contribution in [2.24, 2.45) is 11.8 Å². The summed E-state index contributed by atoms with van der Waals surface area (Å²) in [5, 5.41) is 11.7. The van der Waals surface area contributed by atoms with Crippen LogP contribution in [0.5, 0.6) is 23.4 Å². The summed E-state index contributed by atoms with van der Waals surface area (Å²) in [5.41, 5.74) is 0.801. The van der Waals surface area contributed by atoms with Gasteiger partial charge in [-0.15, -0.1) is 0 Å². The lowest BCUT2D eigenvalue weighted by Crippen LogP contribution is -2.35. The maximum Gasteiger partial charge on any atom is 0.319 e. The van der Waals surface area contributed by atoms with E-state index in [1.807, 2.05) is 19.1 Å². The Balaban J connectivity index is 1.52. The number of aliphatic hydroxyl groups is 1. The topological polar surface area (TPSA) is 86.2 Å². The molecule has 2 aromatic rings. The van der Waals surface area contributed by atoms with Crippen LogP contribution in [0.3, 0.4) is 0 Å². The smallest absolute Gasteiger partial charge is 0.319 e. The van der Waals surface area contributed by atoms with E-state index in [2.05, 4.69) is 20.9 Å². The molecule has 0 spiro atoms. The lowest BCUT2D eigenvalue weighted by atomic mass is 9.83. The van der Waals surface area contributed by atoms with Gasteiger partial charge < -0.3 is 24.1 Å². The van der Waals surface area contributed by atoms with Crippen molar-refractivity contribution in [1.82, 2.24) is 14.9 Å². The molecule has 1 aliphatic carbocycles. The Morgan fingerprint density at radius 1 is 1.13 bits per heavy atom. The summed E-state index contributed by atoms with van der Waals surface area (Å²) in [6, 6.07) is 6.31. The molecule has 31 heavy (non-hydrogen) atoms. The summed E-state index contributed by atoms with van der Waals surface area (Å²) in [4.78, 5) is 10.9. The van der Waals surface area contributed by atoms with Gasteiger partial charge >= 0.3 is 6.01 Å². The Labute approximate surface area is 183 Å². The third-order valence-corrected chi connectivity index (χ3v) is 6.53. The first-order chi connectivity index (χ1) is 15.0. The minimum atomic E-state index is -1.01. The van der Waals surface area contributed by atoms with Crippen molar-refractivity contribution in [3.8, 4) is 23.4 Å². The normalized spacial score (nSPS) is 25.3. The van der Waals surface area contributed by atoms with Crippen LogP contribution in [0.2, 0.25) is 0 Å². The van der Waals surface area contributed by atoms with Crippen molar-refractivity contribution in [3.05, 3.63) is 35.5 Å². The van der Waals surface area contributed by atoms with E-state index in [0.717, 1.165) is 43.1 Å². The lowest BCUT2D eigenvalue weighted by Gasteiger charge is -2.31. The van der Waals surface area contributed by atoms with Gasteiger partial charge in [-0.05, 0) is 43.4 Å². The number of likely N-dealkylation sites (tertiary alicyclic amines) is 1. The van der Waals surface area contributed by atoms with Gasteiger partial charge in [0.2, 0.25) is 5.88 Å². The second kappa shape index (κ2) is 8.88. The van der Waals surface area contributed by atoms with E-state index in [0.29, 0.717) is 30.4 Å². The molecule has 168 valence electrons. The molecule has 2 aliphatic rings. The zero-order valence-electron chi connectivity index (χ0n) is 18.6. The molecular formula is C23H31N3O5. The second-order valence-electron chi connectivity index (χ2n) is 8.22. The molecule has 0 amide bonds. The summed E-state index contributed by atoms with van der Waals surface area (Å²) < 4.78 is 21.7. The standard InChI is InChI=1S/C23H31N3O5/c1-5-31-19-7-6-15(10-20(19)28-2)12-26-13-16-8-9-23(27,18(16)14-26)17-11-24-22(30-4)25-21(17)29-3/h6-7,10-11,16,18,27H,5,8-9,12-14H2,1-4H3/t16-,18+,23+/m0/s1. The second-order valence-corrected chi connectivity index (χ2v) is 8.22. The molecule has 8 nitrogen and oxygen atoms in total. The highest BCUT2D eigenvalue weighted by Crippen LogP contribution is 2.52. The SMILES string of the molecule is CCOc1ccc(CN2C[C@@H]3CC[C@@](O)(c4cnc(OC)nc4OC)[C@@H]3C2)cc1OC. The lowest BCUT2D eigenvalue weighted by molar-refractivity contribution is -0.00972. The number of hydrogen-bond acceptors (Lipinski definition) is 8. The third kappa shape index (κ3) is 4.02. The Hall–Kier alpha value is -2.58. The van der Waals surface area contributed by atoms with Gasteiger partial charge in [-0.3, -0.25) is 4.90 Å². The molecule has 1 aromatic heterocycles. The van der Waals surface area contributed by atoms with Crippen LogP contribution in [0.25, 0.3) is 0 Å². The summed E-state index contributed by atoms with van der Waals surface area (Å²) in [7, 11) is 4.73. The number of nitrogens with zero attached hydrogens (tertiary/aromatic N) is 3. The fourth-order valence-corrected chi connectivity index (χ4v) is 5.09. The van der Waals surface area contributed by atoms with Gasteiger partial charge in [0.1, 0.15) is 5.60 Å². The predicted molar refractivity (Wildman–Crippen MR) is 115 cm³/mol. The van der Waals surface area contributed by atoms with E-state index in [4.69, 9.17) is 18.9 Å². The zero-order chi connectivity index (χ0) is 22.0. The largest absolute Gasteiger partial charge is 0.493 e. The molecule has 1 saturated heterocycles. The van der Waals surface area contributed by atoms with E-state index in [-0.39, 0.29) is 11.9 Å². The Bertz CT molecular complexity index is 924. The van der Waals surface area contributed by atoms with Crippen LogP contribution in [0, 0.1) is 11.8 Å². The van der Waals surface area contributed by atoms with E-state index in [9.17, 15) is 5.11 Å². The number of fused-ring (bicyclic) bond motifs is 1. The van der Waals surface area contributed by atoms with Gasteiger partial charge in [0.25, 0.3) is 0 Å². The zero-order valence-corrected chi connectivity index (χ0v) is 18.6. The van der Waals surface area contributed by atoms with Gasteiger partial charge in [0, 0.05) is 31.7 Å². The molecule has 2 heterocycles. The van der Waals surface area contributed by atoms with Crippen LogP contribution in [-0.2, 0) is 12.1 Å². The molecular weight excluding hydrogens is 398 g/mol. The van der Waals surface area contributed by atoms with E-state index >= 15 is 0 Å². The quantitative estimate of drug-likeness (QED) is 0.685. The van der Waals surface area contributed by atoms with Gasteiger partial charge in [0.05, 0.1) is 33.5 Å². The molecule has 4 rings (SSSR count). The first kappa shape index (κ1) is 21.6. The Morgan fingerprint density at radius 3 is 2.68 bits per heavy atom. The minimum absolute atomic E-state index is 0.1000. The van der Waals surface area contributed by atoms with Crippen LogP contribution in [-0.4, -0.2) is 61.0 Å². The van der Waals surface area contributed by atoms with Crippen molar-refractivity contribution >= 4 is 0 Å². The summed E-state index contributed by atoms with van der Waals surface area (Å²) >= 11 is 0. The fraction of sp³-hybridized carbons (Fsp3) is 0.565. The van der Waals surface area contributed by atoms with Crippen LogP contribution in [0.4, 0.5) is 0 Å². The number of rotatable bonds is 8. The molecule has 3 atom stereocenters. The number of aromatic nitrogens is 2. The number of ether oxygens (including phenoxy) is 4. The van der Waals surface area contributed by atoms with Gasteiger partial charge in [-0.1, -0.05) is 6.07 Å². The molecule has 8 heteroatoms. The van der Waals surface area contributed by atoms with Crippen LogP contribution in [0.1, 0.15) is 30.9 Å². The Kier molecular flexibility index (Phi) is 6.20. The van der Waals surface area contributed by atoms with Crippen molar-refractivity contribution in [2.75, 3.05) is 41.0 Å². The van der Waals surface area contributed by atoms with Crippen molar-refractivity contribution in [1.29, 1.82) is 0 Å². The van der Waals surface area contributed by atoms with Crippen molar-refractivity contribution < 1.29 is 24.1 Å². The maximum absolute atomic E-state index is 11.7. The molecule has 2 fully saturated rings. The molecule has 1 aliphatic heterocycles. The predicted octanol–water partition coefficient (Wildman–Crippen LogP) is 2.63. The first-order valence-electron chi connectivity index (χ1n) is 10.7. The fourth-order valence-electron chi connectivity index (χ4n) is 5.09. The highest BCUT2D eigenvalue weighted by atomic mass is 16.5. The van der Waals surface area contributed by atoms with E-state index in [1.54, 1.807) is 20.4 Å². The highest BCUT2D eigenvalue weighted by molar-refractivity contribution is 5.43. The molecule has 0 radical (unpaired) electrons. The monoisotopic (exact) mass is 429 g/mol. The molecule has 0 bridgehead atoms. The van der Waals surface area contributed by atoms with Gasteiger partial charge in [0.15, 0.2) is 11.5 Å². The minimum Gasteiger partial charge on any atom is -0.493 e. The average Bonchev–Trinajstić information content (AvgIpc) is 3.34. The molecule has 1 saturated carbocycles. The summed E-state index contributed by atoms with van der Waals surface area (Å²) in [5.74, 6) is 2.40. The van der Waals surface area contributed by atoms with E-state index in [1.165, 1.54) is 7.11 Å². The highest BCUT2D eigenvalue weighted by Gasteiger charge is 2.53. The first-order valence-corrected chi connectivity index (χ1v) is 10.7. The third-order valence-electron chi connectivity index (χ3n) is 6.53. The number of hydrogen-bond donors (Lipinski definition) is 1. The number of methoxy groups -OCH3 is 3. The molecule has 1 N–H and O–H groups in total. The van der Waals surface area contributed by atoms with Crippen LogP contribution < -0.4 is 18.9 Å². The molecule has 1 aromatic carbocycles. The average molecular weight is 430 g/mol. The van der Waals surface area contributed by atoms with Crippen molar-refractivity contribution in [3.63, 3.8) is 0 Å². The summed E-state index contributed by atoms with van der Waals surface area (Å²) in [6.07, 6.45) is 3.28. The summed E-state index contributed by atoms with van der Waals surface area (Å²) in [6.45, 7) is 5.10. The van der Waals surface area contributed by atoms with Gasteiger partial charge in [-0.25, -0.2) is 4.98 Å². The molecule has 0 unspecified atom stereocenters. The van der Waals surface area contributed by atoms with Crippen LogP contribution in [0.15, 0.2) is 24.4 Å². The van der Waals surface area contributed by atoms with Gasteiger partial charge in [-0.2, -0.15) is 4.98 Å². The number of benzene rings is 1. The van der Waals surface area contributed by atoms with Crippen LogP contribution >= 0.6 is 0 Å². The Morgan fingerprint density at radius 2 is 1.97 bits per heavy atom. The van der Waals surface area contributed by atoms with Crippen molar-refractivity contribution in [2.45, 2.75) is 31.9 Å². The van der Waals surface area contributed by atoms with E-state index < -0.39 is 5.60 Å². The maximum atomic E-state index is 11.7.